The maximum Gasteiger partial charge on any atom is 0.396 e. The fourth-order valence-corrected chi connectivity index (χ4v) is 4.08. The molecule has 5 nitrogen and oxygen atoms in total. The molecular weight excluding hydrogens is 443 g/mol. The van der Waals surface area contributed by atoms with Crippen molar-refractivity contribution in [2.45, 2.75) is 24.7 Å². The van der Waals surface area contributed by atoms with E-state index in [9.17, 15) is 21.6 Å². The van der Waals surface area contributed by atoms with E-state index in [1.165, 1.54) is 12.1 Å². The van der Waals surface area contributed by atoms with Gasteiger partial charge < -0.3 is 14.8 Å². The molecule has 2 aromatic rings. The Hall–Kier alpha value is -1.97. The van der Waals surface area contributed by atoms with Gasteiger partial charge >= 0.3 is 6.18 Å². The second kappa shape index (κ2) is 9.89. The van der Waals surface area contributed by atoms with E-state index in [4.69, 9.17) is 9.47 Å². The zero-order chi connectivity index (χ0) is 21.1. The Kier molecular flexibility index (Phi) is 8.01. The highest BCUT2D eigenvalue weighted by Crippen LogP contribution is 2.36. The van der Waals surface area contributed by atoms with Crippen molar-refractivity contribution >= 4 is 22.2 Å². The zero-order valence-electron chi connectivity index (χ0n) is 16.2. The number of alkyl halides is 3. The van der Waals surface area contributed by atoms with E-state index in [1.54, 1.807) is 12.1 Å². The number of para-hydroxylation sites is 2. The first kappa shape index (κ1) is 24.3. The number of hydrogen-bond acceptors (Lipinski definition) is 5. The van der Waals surface area contributed by atoms with Crippen LogP contribution in [0.2, 0.25) is 0 Å². The van der Waals surface area contributed by atoms with Crippen molar-refractivity contribution in [2.75, 3.05) is 25.2 Å². The fraction of sp³-hybridized carbons (Fsp3) is 0.400. The molecule has 1 N–H and O–H groups in total. The average Bonchev–Trinajstić information content (AvgIpc) is 2.65. The van der Waals surface area contributed by atoms with Gasteiger partial charge in [-0.25, -0.2) is 8.42 Å². The summed E-state index contributed by atoms with van der Waals surface area (Å²) in [6, 6.07) is 13.2. The summed E-state index contributed by atoms with van der Waals surface area (Å²) < 4.78 is 73.9. The second-order valence-electron chi connectivity index (χ2n) is 7.06. The van der Waals surface area contributed by atoms with Gasteiger partial charge in [0.25, 0.3) is 0 Å². The van der Waals surface area contributed by atoms with Crippen LogP contribution in [0.5, 0.6) is 11.5 Å². The molecule has 0 amide bonds. The number of benzene rings is 2. The van der Waals surface area contributed by atoms with Crippen molar-refractivity contribution in [1.82, 2.24) is 5.32 Å². The number of ether oxygens (including phenoxy) is 2. The predicted molar refractivity (Wildman–Crippen MR) is 110 cm³/mol. The maximum absolute atomic E-state index is 13.2. The minimum atomic E-state index is -4.63. The molecule has 1 aliphatic rings. The number of fused-ring (bicyclic) bond motifs is 1. The summed E-state index contributed by atoms with van der Waals surface area (Å²) in [5.74, 6) is -1.62. The largest absolute Gasteiger partial charge is 0.486 e. The third-order valence-corrected chi connectivity index (χ3v) is 5.45. The molecule has 0 bridgehead atoms. The van der Waals surface area contributed by atoms with Crippen LogP contribution < -0.4 is 14.8 Å². The Morgan fingerprint density at radius 1 is 1.10 bits per heavy atom. The summed E-state index contributed by atoms with van der Waals surface area (Å²) in [4.78, 5) is 0. The minimum absolute atomic E-state index is 0. The SMILES string of the molecule is CS(=O)(=O)C[C@@H](c1ccc(CNCC2COc3ccccc3O2)cc1)C(F)(F)F.Cl. The van der Waals surface area contributed by atoms with E-state index < -0.39 is 27.7 Å². The van der Waals surface area contributed by atoms with Crippen molar-refractivity contribution < 1.29 is 31.1 Å². The standard InChI is InChI=1S/C20H22F3NO4S.ClH/c1-29(25,26)13-17(20(21,22)23)15-8-6-14(7-9-15)10-24-11-16-12-27-18-4-2-3-5-19(18)28-16;/h2-9,16-17,24H,10-13H2,1H3;1H/t16?,17-;/m0./s1. The van der Waals surface area contributed by atoms with Gasteiger partial charge in [-0.3, -0.25) is 0 Å². The number of rotatable bonds is 7. The highest BCUT2D eigenvalue weighted by molar-refractivity contribution is 7.90. The van der Waals surface area contributed by atoms with Crippen LogP contribution in [0.1, 0.15) is 17.0 Å². The van der Waals surface area contributed by atoms with Crippen molar-refractivity contribution in [3.8, 4) is 11.5 Å². The Bertz CT molecular complexity index is 936. The van der Waals surface area contributed by atoms with Gasteiger partial charge in [-0.1, -0.05) is 36.4 Å². The van der Waals surface area contributed by atoms with Gasteiger partial charge in [-0.15, -0.1) is 12.4 Å². The monoisotopic (exact) mass is 465 g/mol. The Morgan fingerprint density at radius 2 is 1.73 bits per heavy atom. The molecule has 0 radical (unpaired) electrons. The average molecular weight is 466 g/mol. The highest BCUT2D eigenvalue weighted by Gasteiger charge is 2.42. The summed E-state index contributed by atoms with van der Waals surface area (Å²) in [6.45, 7) is 1.35. The van der Waals surface area contributed by atoms with Crippen molar-refractivity contribution in [1.29, 1.82) is 0 Å². The van der Waals surface area contributed by atoms with Crippen LogP contribution in [-0.4, -0.2) is 45.9 Å². The molecule has 0 fully saturated rings. The Labute approximate surface area is 179 Å². The van der Waals surface area contributed by atoms with Gasteiger partial charge in [0, 0.05) is 19.3 Å². The van der Waals surface area contributed by atoms with Crippen molar-refractivity contribution in [3.05, 3.63) is 59.7 Å². The van der Waals surface area contributed by atoms with E-state index in [2.05, 4.69) is 5.32 Å². The number of sulfone groups is 1. The van der Waals surface area contributed by atoms with Gasteiger partial charge in [0.05, 0.1) is 11.7 Å². The summed E-state index contributed by atoms with van der Waals surface area (Å²) in [7, 11) is -3.77. The quantitative estimate of drug-likeness (QED) is 0.675. The topological polar surface area (TPSA) is 64.6 Å². The zero-order valence-corrected chi connectivity index (χ0v) is 17.8. The minimum Gasteiger partial charge on any atom is -0.486 e. The van der Waals surface area contributed by atoms with Gasteiger partial charge in [0.2, 0.25) is 0 Å². The van der Waals surface area contributed by atoms with Crippen LogP contribution in [0, 0.1) is 0 Å². The number of halogens is 4. The first-order valence-corrected chi connectivity index (χ1v) is 11.1. The van der Waals surface area contributed by atoms with Gasteiger partial charge in [0.1, 0.15) is 22.5 Å². The van der Waals surface area contributed by atoms with E-state index in [0.29, 0.717) is 31.2 Å². The molecule has 10 heteroatoms. The molecule has 1 aliphatic heterocycles. The van der Waals surface area contributed by atoms with Crippen LogP contribution in [0.25, 0.3) is 0 Å². The molecule has 0 aromatic heterocycles. The Morgan fingerprint density at radius 3 is 2.33 bits per heavy atom. The van der Waals surface area contributed by atoms with Gasteiger partial charge in [-0.2, -0.15) is 13.2 Å². The molecule has 3 rings (SSSR count). The summed E-state index contributed by atoms with van der Waals surface area (Å²) in [5.41, 5.74) is 0.721. The Balaban J connectivity index is 0.00000320. The lowest BCUT2D eigenvalue weighted by atomic mass is 9.99. The van der Waals surface area contributed by atoms with E-state index >= 15 is 0 Å². The molecule has 30 heavy (non-hydrogen) atoms. The normalized spacial score (nSPS) is 17.1. The first-order chi connectivity index (χ1) is 13.6. The molecule has 0 spiro atoms. The summed E-state index contributed by atoms with van der Waals surface area (Å²) >= 11 is 0. The predicted octanol–water partition coefficient (Wildman–Crippen LogP) is 3.73. The molecule has 0 saturated heterocycles. The molecule has 1 heterocycles. The van der Waals surface area contributed by atoms with Crippen LogP contribution in [-0.2, 0) is 16.4 Å². The second-order valence-corrected chi connectivity index (χ2v) is 9.24. The van der Waals surface area contributed by atoms with Gasteiger partial charge in [-0.05, 0) is 23.3 Å². The lowest BCUT2D eigenvalue weighted by Gasteiger charge is -2.26. The van der Waals surface area contributed by atoms with Crippen LogP contribution in [0.15, 0.2) is 48.5 Å². The summed E-state index contributed by atoms with van der Waals surface area (Å²) in [6.07, 6.45) is -4.00. The third kappa shape index (κ3) is 6.78. The molecule has 2 aromatic carbocycles. The highest BCUT2D eigenvalue weighted by atomic mass is 35.5. The van der Waals surface area contributed by atoms with E-state index in [1.807, 2.05) is 24.3 Å². The molecule has 2 atom stereocenters. The van der Waals surface area contributed by atoms with E-state index in [-0.39, 0.29) is 24.1 Å². The lowest BCUT2D eigenvalue weighted by molar-refractivity contribution is -0.145. The smallest absolute Gasteiger partial charge is 0.396 e. The molecule has 0 aliphatic carbocycles. The summed E-state index contributed by atoms with van der Waals surface area (Å²) in [5, 5.41) is 3.20. The molecular formula is C20H23ClF3NO4S. The van der Waals surface area contributed by atoms with Crippen molar-refractivity contribution in [3.63, 3.8) is 0 Å². The maximum atomic E-state index is 13.2. The van der Waals surface area contributed by atoms with E-state index in [0.717, 1.165) is 11.8 Å². The van der Waals surface area contributed by atoms with Crippen LogP contribution in [0.4, 0.5) is 13.2 Å². The molecule has 1 unspecified atom stereocenters. The van der Waals surface area contributed by atoms with Crippen LogP contribution >= 0.6 is 12.4 Å². The molecule has 166 valence electrons. The lowest BCUT2D eigenvalue weighted by Crippen LogP contribution is -2.38. The number of hydrogen-bond donors (Lipinski definition) is 1. The fourth-order valence-electron chi connectivity index (χ4n) is 3.09. The van der Waals surface area contributed by atoms with Crippen molar-refractivity contribution in [2.24, 2.45) is 0 Å². The van der Waals surface area contributed by atoms with Crippen LogP contribution in [0.3, 0.4) is 0 Å². The third-order valence-electron chi connectivity index (χ3n) is 4.52. The van der Waals surface area contributed by atoms with Gasteiger partial charge in [0.15, 0.2) is 11.5 Å². The number of nitrogens with one attached hydrogen (secondary N) is 1. The molecule has 0 saturated carbocycles. The first-order valence-electron chi connectivity index (χ1n) is 9.04.